The van der Waals surface area contributed by atoms with Gasteiger partial charge in [-0.15, -0.1) is 10.2 Å². The van der Waals surface area contributed by atoms with E-state index in [1.165, 1.54) is 18.2 Å². The van der Waals surface area contributed by atoms with Crippen LogP contribution in [-0.2, 0) is 0 Å². The lowest BCUT2D eigenvalue weighted by Gasteiger charge is -2.14. The van der Waals surface area contributed by atoms with Crippen LogP contribution in [0.4, 0.5) is 0 Å². The van der Waals surface area contributed by atoms with Crippen molar-refractivity contribution in [2.45, 2.75) is 6.10 Å². The molecule has 2 heterocycles. The third-order valence-corrected chi connectivity index (χ3v) is 3.99. The largest absolute Gasteiger partial charge is 0.508 e. The second-order valence-corrected chi connectivity index (χ2v) is 6.11. The lowest BCUT2D eigenvalue weighted by molar-refractivity contribution is 0.0631. The molecule has 1 atom stereocenters. The molecule has 10 nitrogen and oxygen atoms in total. The number of aromatic hydroxyl groups is 1. The molecule has 0 saturated carbocycles. The normalized spacial score (nSPS) is 12.0. The van der Waals surface area contributed by atoms with Crippen molar-refractivity contribution in [3.8, 4) is 28.8 Å². The van der Waals surface area contributed by atoms with Crippen molar-refractivity contribution >= 4 is 11.0 Å². The average molecular weight is 396 g/mol. The van der Waals surface area contributed by atoms with Crippen LogP contribution in [0, 0.1) is 0 Å². The van der Waals surface area contributed by atoms with E-state index in [-0.39, 0.29) is 47.1 Å². The number of nitrogens with zero attached hydrogens (tertiary/aromatic N) is 3. The smallest absolute Gasteiger partial charge is 0.239 e. The number of hydrogen-bond acceptors (Lipinski definition) is 9. The molecule has 0 bridgehead atoms. The fourth-order valence-corrected chi connectivity index (χ4v) is 2.64. The van der Waals surface area contributed by atoms with E-state index in [1.807, 2.05) is 0 Å². The van der Waals surface area contributed by atoms with Gasteiger partial charge in [-0.05, 0) is 41.6 Å². The monoisotopic (exact) mass is 396 g/mol. The number of aliphatic hydroxyl groups is 1. The van der Waals surface area contributed by atoms with Crippen LogP contribution in [-0.4, -0.2) is 50.2 Å². The van der Waals surface area contributed by atoms with Crippen molar-refractivity contribution in [1.82, 2.24) is 20.6 Å². The zero-order valence-electron chi connectivity index (χ0n) is 15.0. The number of aromatic nitrogens is 4. The first-order valence-corrected chi connectivity index (χ1v) is 8.63. The number of aliphatic hydroxyl groups excluding tert-OH is 1. The number of tetrazole rings is 1. The maximum absolute atomic E-state index is 12.6. The molecule has 0 aliphatic carbocycles. The van der Waals surface area contributed by atoms with E-state index in [9.17, 15) is 15.0 Å². The van der Waals surface area contributed by atoms with Gasteiger partial charge in [0.15, 0.2) is 11.2 Å². The van der Waals surface area contributed by atoms with E-state index in [1.54, 1.807) is 30.3 Å². The van der Waals surface area contributed by atoms with E-state index < -0.39 is 6.10 Å². The number of rotatable bonds is 7. The van der Waals surface area contributed by atoms with E-state index in [0.717, 1.165) is 0 Å². The Hall–Kier alpha value is -3.92. The maximum Gasteiger partial charge on any atom is 0.239 e. The van der Waals surface area contributed by atoms with E-state index >= 15 is 0 Å². The number of nitrogens with one attached hydrogen (secondary N) is 1. The summed E-state index contributed by atoms with van der Waals surface area (Å²) in [5.74, 6) is 1.24. The topological polar surface area (TPSA) is 144 Å². The Bertz CT molecular complexity index is 1160. The molecule has 4 rings (SSSR count). The molecule has 0 spiro atoms. The Morgan fingerprint density at radius 3 is 2.66 bits per heavy atom. The van der Waals surface area contributed by atoms with Gasteiger partial charge in [0, 0.05) is 6.07 Å². The summed E-state index contributed by atoms with van der Waals surface area (Å²) in [6.07, 6.45) is -0.940. The highest BCUT2D eigenvalue weighted by Crippen LogP contribution is 2.26. The molecule has 1 unspecified atom stereocenters. The molecule has 0 aliphatic heterocycles. The highest BCUT2D eigenvalue weighted by molar-refractivity contribution is 5.84. The van der Waals surface area contributed by atoms with Crippen molar-refractivity contribution in [2.75, 3.05) is 13.2 Å². The first-order valence-electron chi connectivity index (χ1n) is 8.63. The van der Waals surface area contributed by atoms with Crippen molar-refractivity contribution < 1.29 is 24.1 Å². The van der Waals surface area contributed by atoms with Crippen LogP contribution in [0.15, 0.2) is 57.7 Å². The first-order chi connectivity index (χ1) is 14.1. The summed E-state index contributed by atoms with van der Waals surface area (Å²) in [5, 5.41) is 32.9. The molecular weight excluding hydrogens is 380 g/mol. The zero-order valence-corrected chi connectivity index (χ0v) is 15.0. The molecule has 2 aromatic heterocycles. The lowest BCUT2D eigenvalue weighted by atomic mass is 10.2. The number of H-pyrrole nitrogens is 1. The van der Waals surface area contributed by atoms with Gasteiger partial charge >= 0.3 is 0 Å². The van der Waals surface area contributed by atoms with Crippen LogP contribution in [0.25, 0.3) is 22.6 Å². The van der Waals surface area contributed by atoms with Crippen molar-refractivity contribution in [3.63, 3.8) is 0 Å². The van der Waals surface area contributed by atoms with Gasteiger partial charge in [0.25, 0.3) is 0 Å². The third kappa shape index (κ3) is 4.17. The Balaban J connectivity index is 1.46. The van der Waals surface area contributed by atoms with E-state index in [4.69, 9.17) is 13.9 Å². The molecular formula is C19H16N4O6. The highest BCUT2D eigenvalue weighted by Gasteiger charge is 2.15. The molecule has 4 aromatic rings. The summed E-state index contributed by atoms with van der Waals surface area (Å²) in [4.78, 5) is 12.6. The number of aromatic amines is 1. The van der Waals surface area contributed by atoms with Crippen molar-refractivity contribution in [3.05, 3.63) is 58.8 Å². The summed E-state index contributed by atoms with van der Waals surface area (Å²) in [6, 6.07) is 12.3. The first kappa shape index (κ1) is 18.4. The standard InChI is InChI=1S/C19H16N4O6/c24-11-4-6-13(7-5-11)27-9-12(25)10-28-15-2-1-3-16-18(15)14(26)8-17(29-16)19-20-22-23-21-19/h1-8,12,24-25H,9-10H2,(H,20,21,22,23). The molecule has 2 aromatic carbocycles. The number of phenols is 1. The molecule has 0 amide bonds. The van der Waals surface area contributed by atoms with Gasteiger partial charge < -0.3 is 24.1 Å². The highest BCUT2D eigenvalue weighted by atomic mass is 16.5. The van der Waals surface area contributed by atoms with Crippen LogP contribution < -0.4 is 14.9 Å². The predicted molar refractivity (Wildman–Crippen MR) is 101 cm³/mol. The summed E-state index contributed by atoms with van der Waals surface area (Å²) in [6.45, 7) is -0.116. The summed E-state index contributed by atoms with van der Waals surface area (Å²) in [7, 11) is 0. The van der Waals surface area contributed by atoms with Gasteiger partial charge in [0.2, 0.25) is 5.82 Å². The van der Waals surface area contributed by atoms with Crippen LogP contribution in [0.3, 0.4) is 0 Å². The number of fused-ring (bicyclic) bond motifs is 1. The SMILES string of the molecule is O=c1cc(-c2nn[nH]n2)oc2cccc(OCC(O)COc3ccc(O)cc3)c12. The van der Waals surface area contributed by atoms with Crippen LogP contribution >= 0.6 is 0 Å². The summed E-state index contributed by atoms with van der Waals surface area (Å²) in [5.41, 5.74) is -0.0406. The minimum Gasteiger partial charge on any atom is -0.508 e. The number of benzene rings is 2. The van der Waals surface area contributed by atoms with Crippen LogP contribution in [0.5, 0.6) is 17.2 Å². The lowest BCUT2D eigenvalue weighted by Crippen LogP contribution is -2.25. The minimum absolute atomic E-state index is 0.0217. The molecule has 148 valence electrons. The fraction of sp³-hybridized carbons (Fsp3) is 0.158. The maximum atomic E-state index is 12.6. The van der Waals surface area contributed by atoms with Crippen molar-refractivity contribution in [2.24, 2.45) is 0 Å². The Labute approximate surface area is 163 Å². The van der Waals surface area contributed by atoms with Crippen LogP contribution in [0.1, 0.15) is 0 Å². The number of hydrogen-bond donors (Lipinski definition) is 3. The summed E-state index contributed by atoms with van der Waals surface area (Å²) < 4.78 is 16.7. The second-order valence-electron chi connectivity index (χ2n) is 6.11. The Morgan fingerprint density at radius 1 is 1.10 bits per heavy atom. The Morgan fingerprint density at radius 2 is 1.90 bits per heavy atom. The fourth-order valence-electron chi connectivity index (χ4n) is 2.64. The van der Waals surface area contributed by atoms with E-state index in [0.29, 0.717) is 11.3 Å². The number of phenolic OH excluding ortho intramolecular Hbond substituents is 1. The van der Waals surface area contributed by atoms with Gasteiger partial charge in [-0.25, -0.2) is 0 Å². The van der Waals surface area contributed by atoms with Gasteiger partial charge in [-0.3, -0.25) is 4.79 Å². The molecule has 3 N–H and O–H groups in total. The molecule has 0 radical (unpaired) electrons. The minimum atomic E-state index is -0.940. The molecule has 10 heteroatoms. The van der Waals surface area contributed by atoms with Gasteiger partial charge in [-0.1, -0.05) is 6.07 Å². The van der Waals surface area contributed by atoms with Gasteiger partial charge in [0.1, 0.15) is 47.5 Å². The zero-order chi connectivity index (χ0) is 20.2. The van der Waals surface area contributed by atoms with Gasteiger partial charge in [0.05, 0.1) is 0 Å². The molecule has 0 saturated heterocycles. The second kappa shape index (κ2) is 7.98. The number of ether oxygens (including phenoxy) is 2. The quantitative estimate of drug-likeness (QED) is 0.423. The van der Waals surface area contributed by atoms with Gasteiger partial charge in [-0.2, -0.15) is 5.21 Å². The van der Waals surface area contributed by atoms with Crippen LogP contribution in [0.2, 0.25) is 0 Å². The van der Waals surface area contributed by atoms with E-state index in [2.05, 4.69) is 20.6 Å². The molecule has 29 heavy (non-hydrogen) atoms. The third-order valence-electron chi connectivity index (χ3n) is 3.99. The molecule has 0 aliphatic rings. The van der Waals surface area contributed by atoms with Crippen molar-refractivity contribution in [1.29, 1.82) is 0 Å². The summed E-state index contributed by atoms with van der Waals surface area (Å²) >= 11 is 0. The Kier molecular flexibility index (Phi) is 5.08. The molecule has 0 fully saturated rings. The predicted octanol–water partition coefficient (Wildman–Crippen LogP) is 1.50. The average Bonchev–Trinajstić information content (AvgIpc) is 3.26.